The van der Waals surface area contributed by atoms with E-state index in [0.29, 0.717) is 19.7 Å². The number of nitrogens with zero attached hydrogens (tertiary/aromatic N) is 3. The summed E-state index contributed by atoms with van der Waals surface area (Å²) in [5.74, 6) is -0.652. The van der Waals surface area contributed by atoms with Gasteiger partial charge < -0.3 is 15.0 Å². The molecule has 1 aromatic rings. The van der Waals surface area contributed by atoms with Crippen LogP contribution in [-0.4, -0.2) is 64.4 Å². The second-order valence-corrected chi connectivity index (χ2v) is 6.88. The van der Waals surface area contributed by atoms with Crippen LogP contribution in [0.15, 0.2) is 18.3 Å². The van der Waals surface area contributed by atoms with E-state index in [2.05, 4.69) is 10.3 Å². The van der Waals surface area contributed by atoms with Crippen LogP contribution in [0.5, 0.6) is 0 Å². The molecule has 2 aliphatic heterocycles. The molecule has 2 fully saturated rings. The van der Waals surface area contributed by atoms with E-state index in [1.54, 1.807) is 24.9 Å². The zero-order valence-electron chi connectivity index (χ0n) is 14.6. The van der Waals surface area contributed by atoms with E-state index in [1.807, 2.05) is 19.1 Å². The highest BCUT2D eigenvalue weighted by Crippen LogP contribution is 2.23. The Kier molecular flexibility index (Phi) is 4.47. The Bertz CT molecular complexity index is 718. The Hall–Kier alpha value is -2.48. The number of morpholine rings is 1. The Morgan fingerprint density at radius 3 is 2.84 bits per heavy atom. The summed E-state index contributed by atoms with van der Waals surface area (Å²) in [5, 5.41) is 2.58. The van der Waals surface area contributed by atoms with E-state index >= 15 is 0 Å². The van der Waals surface area contributed by atoms with Crippen molar-refractivity contribution in [2.24, 2.45) is 0 Å². The molecule has 1 N–H and O–H groups in total. The minimum absolute atomic E-state index is 0.237. The number of rotatable bonds is 3. The number of carbonyl (C=O) groups excluding carboxylic acids is 3. The van der Waals surface area contributed by atoms with Gasteiger partial charge in [0.05, 0.1) is 13.2 Å². The number of pyridine rings is 1. The molecule has 0 radical (unpaired) electrons. The van der Waals surface area contributed by atoms with Crippen LogP contribution < -0.4 is 5.32 Å². The lowest BCUT2D eigenvalue weighted by Gasteiger charge is -2.34. The number of ether oxygens (including phenoxy) is 1. The van der Waals surface area contributed by atoms with E-state index in [-0.39, 0.29) is 24.5 Å². The van der Waals surface area contributed by atoms with Gasteiger partial charge in [-0.2, -0.15) is 0 Å². The number of hydrogen-bond acceptors (Lipinski definition) is 5. The molecule has 0 bridgehead atoms. The van der Waals surface area contributed by atoms with Gasteiger partial charge in [-0.1, -0.05) is 0 Å². The molecule has 0 saturated carbocycles. The van der Waals surface area contributed by atoms with Gasteiger partial charge in [0.25, 0.3) is 5.91 Å². The average Bonchev–Trinajstić information content (AvgIpc) is 2.76. The highest BCUT2D eigenvalue weighted by atomic mass is 16.5. The maximum atomic E-state index is 12.6. The smallest absolute Gasteiger partial charge is 0.325 e. The van der Waals surface area contributed by atoms with E-state index in [1.165, 1.54) is 0 Å². The van der Waals surface area contributed by atoms with Crippen molar-refractivity contribution in [2.75, 3.05) is 26.2 Å². The summed E-state index contributed by atoms with van der Waals surface area (Å²) in [6.07, 6.45) is 1.48. The predicted molar refractivity (Wildman–Crippen MR) is 88.6 cm³/mol. The number of carbonyl (C=O) groups is 3. The zero-order valence-corrected chi connectivity index (χ0v) is 14.6. The lowest BCUT2D eigenvalue weighted by molar-refractivity contribution is -0.143. The van der Waals surface area contributed by atoms with Gasteiger partial charge in [0.15, 0.2) is 0 Å². The van der Waals surface area contributed by atoms with Crippen LogP contribution >= 0.6 is 0 Å². The largest absolute Gasteiger partial charge is 0.370 e. The Balaban J connectivity index is 1.66. The summed E-state index contributed by atoms with van der Waals surface area (Å²) in [6, 6.07) is 3.27. The topological polar surface area (TPSA) is 91.8 Å². The fourth-order valence-corrected chi connectivity index (χ4v) is 3.04. The number of aryl methyl sites for hydroxylation is 1. The molecule has 134 valence electrons. The van der Waals surface area contributed by atoms with E-state index < -0.39 is 11.6 Å². The highest BCUT2D eigenvalue weighted by molar-refractivity contribution is 6.08. The molecule has 1 atom stereocenters. The Labute approximate surface area is 146 Å². The first-order chi connectivity index (χ1) is 11.8. The lowest BCUT2D eigenvalue weighted by Crippen LogP contribution is -2.48. The number of aromatic nitrogens is 1. The monoisotopic (exact) mass is 346 g/mol. The summed E-state index contributed by atoms with van der Waals surface area (Å²) in [7, 11) is 0. The van der Waals surface area contributed by atoms with Gasteiger partial charge in [-0.15, -0.1) is 0 Å². The van der Waals surface area contributed by atoms with Gasteiger partial charge in [-0.05, 0) is 38.5 Å². The molecule has 1 aromatic heterocycles. The summed E-state index contributed by atoms with van der Waals surface area (Å²) in [4.78, 5) is 43.5. The third-order valence-electron chi connectivity index (χ3n) is 4.45. The molecule has 2 aliphatic rings. The van der Waals surface area contributed by atoms with E-state index in [9.17, 15) is 14.4 Å². The molecular weight excluding hydrogens is 324 g/mol. The molecule has 8 heteroatoms. The van der Waals surface area contributed by atoms with Crippen molar-refractivity contribution in [3.8, 4) is 0 Å². The van der Waals surface area contributed by atoms with Crippen molar-refractivity contribution in [1.82, 2.24) is 20.1 Å². The summed E-state index contributed by atoms with van der Waals surface area (Å²) < 4.78 is 5.76. The minimum Gasteiger partial charge on any atom is -0.370 e. The van der Waals surface area contributed by atoms with Crippen molar-refractivity contribution in [1.29, 1.82) is 0 Å². The molecule has 4 amide bonds. The molecule has 3 rings (SSSR count). The van der Waals surface area contributed by atoms with Crippen molar-refractivity contribution < 1.29 is 19.1 Å². The van der Waals surface area contributed by atoms with Gasteiger partial charge in [-0.3, -0.25) is 19.5 Å². The van der Waals surface area contributed by atoms with Gasteiger partial charge in [-0.25, -0.2) is 4.79 Å². The molecule has 0 aromatic carbocycles. The zero-order chi connectivity index (χ0) is 18.2. The second-order valence-electron chi connectivity index (χ2n) is 6.88. The van der Waals surface area contributed by atoms with Crippen molar-refractivity contribution in [2.45, 2.75) is 32.4 Å². The molecular formula is C17H22N4O4. The second kappa shape index (κ2) is 6.44. The number of hydrogen-bond donors (Lipinski definition) is 1. The molecule has 2 saturated heterocycles. The molecule has 0 aliphatic carbocycles. The van der Waals surface area contributed by atoms with E-state index in [0.717, 1.165) is 16.2 Å². The normalized spacial score (nSPS) is 22.9. The van der Waals surface area contributed by atoms with Crippen LogP contribution in [0.1, 0.15) is 31.2 Å². The Morgan fingerprint density at radius 1 is 1.44 bits per heavy atom. The van der Waals surface area contributed by atoms with Gasteiger partial charge in [0, 0.05) is 18.4 Å². The van der Waals surface area contributed by atoms with Crippen LogP contribution in [-0.2, 0) is 14.3 Å². The third-order valence-corrected chi connectivity index (χ3v) is 4.45. The van der Waals surface area contributed by atoms with Gasteiger partial charge in [0.2, 0.25) is 5.91 Å². The van der Waals surface area contributed by atoms with Crippen LogP contribution in [0, 0.1) is 6.92 Å². The summed E-state index contributed by atoms with van der Waals surface area (Å²) >= 11 is 0. The first-order valence-electron chi connectivity index (χ1n) is 8.24. The van der Waals surface area contributed by atoms with Crippen LogP contribution in [0.25, 0.3) is 0 Å². The molecule has 0 unspecified atom stereocenters. The maximum absolute atomic E-state index is 12.6. The quantitative estimate of drug-likeness (QED) is 0.810. The van der Waals surface area contributed by atoms with Crippen LogP contribution in [0.4, 0.5) is 4.79 Å². The molecule has 25 heavy (non-hydrogen) atoms. The first-order valence-corrected chi connectivity index (χ1v) is 8.24. The SMILES string of the molecule is Cc1cc([C@@H]2CN(C(=O)CN3C(=O)NC(C)(C)C3=O)CCO2)ccn1. The van der Waals surface area contributed by atoms with Crippen molar-refractivity contribution in [3.63, 3.8) is 0 Å². The molecule has 0 spiro atoms. The maximum Gasteiger partial charge on any atom is 0.325 e. The minimum atomic E-state index is -0.973. The van der Waals surface area contributed by atoms with Crippen LogP contribution in [0.2, 0.25) is 0 Å². The fourth-order valence-electron chi connectivity index (χ4n) is 3.04. The number of amides is 4. The molecule has 8 nitrogen and oxygen atoms in total. The van der Waals surface area contributed by atoms with Gasteiger partial charge >= 0.3 is 6.03 Å². The lowest BCUT2D eigenvalue weighted by atomic mass is 10.1. The molecule has 3 heterocycles. The highest BCUT2D eigenvalue weighted by Gasteiger charge is 2.45. The third kappa shape index (κ3) is 3.48. The van der Waals surface area contributed by atoms with Crippen LogP contribution in [0.3, 0.4) is 0 Å². The Morgan fingerprint density at radius 2 is 2.20 bits per heavy atom. The number of imide groups is 1. The van der Waals surface area contributed by atoms with Crippen molar-refractivity contribution in [3.05, 3.63) is 29.6 Å². The summed E-state index contributed by atoms with van der Waals surface area (Å²) in [5.41, 5.74) is 0.867. The van der Waals surface area contributed by atoms with Crippen molar-refractivity contribution >= 4 is 17.8 Å². The predicted octanol–water partition coefficient (Wildman–Crippen LogP) is 0.620. The van der Waals surface area contributed by atoms with E-state index in [4.69, 9.17) is 4.74 Å². The average molecular weight is 346 g/mol. The summed E-state index contributed by atoms with van der Waals surface area (Å²) in [6.45, 7) is 6.11. The fraction of sp³-hybridized carbons (Fsp3) is 0.529. The first kappa shape index (κ1) is 17.3. The number of nitrogens with one attached hydrogen (secondary N) is 1. The number of urea groups is 1. The van der Waals surface area contributed by atoms with Gasteiger partial charge in [0.1, 0.15) is 18.2 Å². The standard InChI is InChI=1S/C17H22N4O4/c1-11-8-12(4-5-18-11)13-9-20(6-7-25-13)14(22)10-21-15(23)17(2,3)19-16(21)24/h4-5,8,13H,6-7,9-10H2,1-3H3,(H,19,24)/t13-/m0/s1.